The Morgan fingerprint density at radius 3 is 1.36 bits per heavy atom. The topological polar surface area (TPSA) is 51.6 Å². The van der Waals surface area contributed by atoms with Crippen molar-refractivity contribution in [1.29, 1.82) is 0 Å². The van der Waals surface area contributed by atoms with Gasteiger partial charge in [0.15, 0.2) is 0 Å². The van der Waals surface area contributed by atoms with Gasteiger partial charge in [-0.15, -0.1) is 0 Å². The summed E-state index contributed by atoms with van der Waals surface area (Å²) in [7, 11) is 0. The molecule has 0 N–H and O–H groups in total. The van der Waals surface area contributed by atoms with Gasteiger partial charge in [0.2, 0.25) is 0 Å². The largest absolute Gasteiger partial charge is 0.173 e. The summed E-state index contributed by atoms with van der Waals surface area (Å²) in [5.41, 5.74) is 8.32. The monoisotopic (exact) mass is 328 g/mol. The standard InChI is InChI=1S/C14H10N4S2.C2H6/c1-7-3-5-9(13-11(7)15-19-17-13)10-6-4-8(2)12-14(10)18-20-16-12;1-2/h3-6H,1-2H3;1-2H3. The lowest BCUT2D eigenvalue weighted by atomic mass is 9.99. The third kappa shape index (κ3) is 2.28. The van der Waals surface area contributed by atoms with E-state index in [2.05, 4.69) is 55.6 Å². The molecule has 0 aliphatic carbocycles. The van der Waals surface area contributed by atoms with E-state index in [4.69, 9.17) is 0 Å². The fourth-order valence-electron chi connectivity index (χ4n) is 2.42. The van der Waals surface area contributed by atoms with Crippen LogP contribution in [-0.4, -0.2) is 17.5 Å². The fraction of sp³-hybridized carbons (Fsp3) is 0.250. The zero-order valence-corrected chi connectivity index (χ0v) is 14.5. The molecular formula is C16H16N4S2. The van der Waals surface area contributed by atoms with Crippen molar-refractivity contribution in [2.75, 3.05) is 0 Å². The van der Waals surface area contributed by atoms with Gasteiger partial charge in [-0.05, 0) is 25.0 Å². The zero-order valence-electron chi connectivity index (χ0n) is 12.9. The van der Waals surface area contributed by atoms with Crippen LogP contribution in [0.3, 0.4) is 0 Å². The van der Waals surface area contributed by atoms with Gasteiger partial charge in [0.1, 0.15) is 22.1 Å². The van der Waals surface area contributed by atoms with Crippen LogP contribution in [0.4, 0.5) is 0 Å². The van der Waals surface area contributed by atoms with Crippen LogP contribution in [0.1, 0.15) is 25.0 Å². The Morgan fingerprint density at radius 2 is 0.955 bits per heavy atom. The lowest BCUT2D eigenvalue weighted by Gasteiger charge is -2.05. The van der Waals surface area contributed by atoms with Gasteiger partial charge >= 0.3 is 0 Å². The molecule has 0 amide bonds. The molecule has 0 atom stereocenters. The maximum atomic E-state index is 4.46. The molecule has 0 spiro atoms. The first-order chi connectivity index (χ1) is 10.8. The smallest absolute Gasteiger partial charge is 0.112 e. The predicted octanol–water partition coefficient (Wildman–Crippen LogP) is 5.01. The van der Waals surface area contributed by atoms with Crippen LogP contribution in [0, 0.1) is 13.8 Å². The van der Waals surface area contributed by atoms with E-state index in [0.717, 1.165) is 44.3 Å². The molecule has 4 nitrogen and oxygen atoms in total. The van der Waals surface area contributed by atoms with Crippen LogP contribution in [0.25, 0.3) is 33.2 Å². The average Bonchev–Trinajstić information content (AvgIpc) is 3.20. The normalized spacial score (nSPS) is 10.7. The van der Waals surface area contributed by atoms with E-state index in [1.807, 2.05) is 13.8 Å². The molecule has 6 heteroatoms. The van der Waals surface area contributed by atoms with E-state index in [-0.39, 0.29) is 0 Å². The molecule has 112 valence electrons. The second kappa shape index (κ2) is 6.06. The van der Waals surface area contributed by atoms with Crippen molar-refractivity contribution in [2.45, 2.75) is 27.7 Å². The molecule has 0 fully saturated rings. The maximum Gasteiger partial charge on any atom is 0.112 e. The number of nitrogens with zero attached hydrogens (tertiary/aromatic N) is 4. The number of aryl methyl sites for hydroxylation is 2. The summed E-state index contributed by atoms with van der Waals surface area (Å²) in [5, 5.41) is 0. The third-order valence-electron chi connectivity index (χ3n) is 3.52. The van der Waals surface area contributed by atoms with E-state index in [1.165, 1.54) is 23.5 Å². The van der Waals surface area contributed by atoms with E-state index in [1.54, 1.807) is 0 Å². The van der Waals surface area contributed by atoms with Gasteiger partial charge in [-0.3, -0.25) is 0 Å². The lowest BCUT2D eigenvalue weighted by molar-refractivity contribution is 1.46. The summed E-state index contributed by atoms with van der Waals surface area (Å²) in [6.45, 7) is 8.12. The number of rotatable bonds is 1. The Kier molecular flexibility index (Phi) is 4.13. The SMILES string of the molecule is CC.Cc1ccc(-c2ccc(C)c3nsnc23)c2nsnc12. The van der Waals surface area contributed by atoms with Crippen LogP contribution in [-0.2, 0) is 0 Å². The van der Waals surface area contributed by atoms with E-state index in [0.29, 0.717) is 0 Å². The van der Waals surface area contributed by atoms with Gasteiger partial charge in [0.25, 0.3) is 0 Å². The zero-order chi connectivity index (χ0) is 15.7. The quantitative estimate of drug-likeness (QED) is 0.493. The van der Waals surface area contributed by atoms with Crippen molar-refractivity contribution in [2.24, 2.45) is 0 Å². The Morgan fingerprint density at radius 1 is 0.591 bits per heavy atom. The number of aromatic nitrogens is 4. The summed E-state index contributed by atoms with van der Waals surface area (Å²) in [5.74, 6) is 0. The highest BCUT2D eigenvalue weighted by atomic mass is 32.1. The summed E-state index contributed by atoms with van der Waals surface area (Å²) < 4.78 is 17.7. The molecule has 0 radical (unpaired) electrons. The van der Waals surface area contributed by atoms with Crippen LogP contribution >= 0.6 is 23.5 Å². The van der Waals surface area contributed by atoms with Gasteiger partial charge < -0.3 is 0 Å². The molecule has 0 unspecified atom stereocenters. The number of hydrogen-bond donors (Lipinski definition) is 0. The molecule has 2 heterocycles. The highest BCUT2D eigenvalue weighted by Crippen LogP contribution is 2.34. The maximum absolute atomic E-state index is 4.46. The van der Waals surface area contributed by atoms with Gasteiger partial charge in [-0.2, -0.15) is 17.5 Å². The second-order valence-corrected chi connectivity index (χ2v) is 5.84. The van der Waals surface area contributed by atoms with Gasteiger partial charge in [0, 0.05) is 11.1 Å². The minimum absolute atomic E-state index is 0.952. The molecular weight excluding hydrogens is 312 g/mol. The van der Waals surface area contributed by atoms with Crippen molar-refractivity contribution < 1.29 is 0 Å². The minimum atomic E-state index is 0.952. The van der Waals surface area contributed by atoms with Gasteiger partial charge in [-0.25, -0.2) is 0 Å². The number of hydrogen-bond acceptors (Lipinski definition) is 6. The highest BCUT2D eigenvalue weighted by molar-refractivity contribution is 7.00. The second-order valence-electron chi connectivity index (χ2n) is 4.78. The van der Waals surface area contributed by atoms with Crippen LogP contribution in [0.2, 0.25) is 0 Å². The van der Waals surface area contributed by atoms with Crippen LogP contribution in [0.5, 0.6) is 0 Å². The summed E-state index contributed by atoms with van der Waals surface area (Å²) in [6, 6.07) is 8.38. The Hall–Kier alpha value is -1.92. The molecule has 0 saturated heterocycles. The molecule has 0 aliphatic heterocycles. The Labute approximate surface area is 137 Å². The first-order valence-electron chi connectivity index (χ1n) is 7.20. The number of benzene rings is 2. The molecule has 2 aromatic carbocycles. The first-order valence-corrected chi connectivity index (χ1v) is 8.66. The van der Waals surface area contributed by atoms with E-state index < -0.39 is 0 Å². The number of fused-ring (bicyclic) bond motifs is 2. The van der Waals surface area contributed by atoms with E-state index in [9.17, 15) is 0 Å². The Bertz CT molecular complexity index is 862. The van der Waals surface area contributed by atoms with Crippen LogP contribution < -0.4 is 0 Å². The molecule has 22 heavy (non-hydrogen) atoms. The lowest BCUT2D eigenvalue weighted by Crippen LogP contribution is -1.87. The van der Waals surface area contributed by atoms with Crippen molar-refractivity contribution in [3.8, 4) is 11.1 Å². The van der Waals surface area contributed by atoms with Crippen LogP contribution in [0.15, 0.2) is 24.3 Å². The fourth-order valence-corrected chi connectivity index (χ4v) is 3.65. The first kappa shape index (κ1) is 15.0. The molecule has 0 aliphatic rings. The third-order valence-corrected chi connectivity index (χ3v) is 4.58. The van der Waals surface area contributed by atoms with Crippen molar-refractivity contribution in [3.63, 3.8) is 0 Å². The summed E-state index contributed by atoms with van der Waals surface area (Å²) in [4.78, 5) is 0. The minimum Gasteiger partial charge on any atom is -0.173 e. The molecule has 4 aromatic rings. The van der Waals surface area contributed by atoms with Gasteiger partial charge in [-0.1, -0.05) is 38.1 Å². The van der Waals surface area contributed by atoms with Crippen molar-refractivity contribution in [1.82, 2.24) is 17.5 Å². The van der Waals surface area contributed by atoms with Crippen molar-refractivity contribution >= 4 is 45.5 Å². The molecule has 0 saturated carbocycles. The highest BCUT2D eigenvalue weighted by Gasteiger charge is 2.15. The average molecular weight is 328 g/mol. The summed E-state index contributed by atoms with van der Waals surface area (Å²) in [6.07, 6.45) is 0. The molecule has 2 aromatic heterocycles. The molecule has 4 rings (SSSR count). The summed E-state index contributed by atoms with van der Waals surface area (Å²) >= 11 is 2.51. The molecule has 0 bridgehead atoms. The Balaban J connectivity index is 0.000000693. The predicted molar refractivity (Wildman–Crippen MR) is 94.6 cm³/mol. The van der Waals surface area contributed by atoms with E-state index >= 15 is 0 Å². The van der Waals surface area contributed by atoms with Gasteiger partial charge in [0.05, 0.1) is 23.5 Å². The van der Waals surface area contributed by atoms with Crippen molar-refractivity contribution in [3.05, 3.63) is 35.4 Å².